The first-order valence-electron chi connectivity index (χ1n) is 4.84. The van der Waals surface area contributed by atoms with Crippen LogP contribution in [0.3, 0.4) is 0 Å². The van der Waals surface area contributed by atoms with Gasteiger partial charge >= 0.3 is 0 Å². The molecule has 2 rings (SSSR count). The van der Waals surface area contributed by atoms with Gasteiger partial charge in [0, 0.05) is 6.08 Å². The molecule has 2 aromatic rings. The third kappa shape index (κ3) is 3.23. The van der Waals surface area contributed by atoms with Crippen molar-refractivity contribution < 1.29 is 9.18 Å². The Kier molecular flexibility index (Phi) is 3.25. The summed E-state index contributed by atoms with van der Waals surface area (Å²) in [4.78, 5) is 15.1. The van der Waals surface area contributed by atoms with E-state index in [1.54, 1.807) is 12.1 Å². The molecule has 1 aromatic heterocycles. The molecule has 0 saturated heterocycles. The Morgan fingerprint density at radius 1 is 1.47 bits per heavy atom. The van der Waals surface area contributed by atoms with Gasteiger partial charge in [0.15, 0.2) is 0 Å². The summed E-state index contributed by atoms with van der Waals surface area (Å²) in [5, 5.41) is 8.53. The summed E-state index contributed by atoms with van der Waals surface area (Å²) in [6.07, 6.45) is 4.08. The van der Waals surface area contributed by atoms with Gasteiger partial charge in [-0.1, -0.05) is 12.1 Å². The number of halogens is 1. The van der Waals surface area contributed by atoms with E-state index in [9.17, 15) is 9.18 Å². The topological polar surface area (TPSA) is 70.7 Å². The Morgan fingerprint density at radius 2 is 2.35 bits per heavy atom. The number of benzene rings is 1. The average Bonchev–Trinajstić information content (AvgIpc) is 2.79. The van der Waals surface area contributed by atoms with Gasteiger partial charge in [-0.25, -0.2) is 9.49 Å². The van der Waals surface area contributed by atoms with Crippen LogP contribution in [0.5, 0.6) is 0 Å². The quantitative estimate of drug-likeness (QED) is 0.789. The lowest BCUT2D eigenvalue weighted by atomic mass is 10.2. The van der Waals surface area contributed by atoms with Gasteiger partial charge in [-0.2, -0.15) is 10.1 Å². The fraction of sp³-hybridized carbons (Fsp3) is 0. The van der Waals surface area contributed by atoms with E-state index in [0.717, 1.165) is 0 Å². The number of carbonyl (C=O) groups is 1. The number of hydrogen-bond acceptors (Lipinski definition) is 3. The molecule has 1 heterocycles. The molecule has 1 amide bonds. The normalized spacial score (nSPS) is 10.6. The number of anilines is 1. The highest BCUT2D eigenvalue weighted by molar-refractivity contribution is 6.00. The zero-order valence-corrected chi connectivity index (χ0v) is 8.72. The number of nitrogens with zero attached hydrogens (tertiary/aromatic N) is 2. The van der Waals surface area contributed by atoms with Crippen LogP contribution in [-0.4, -0.2) is 21.1 Å². The molecule has 0 unspecified atom stereocenters. The molecule has 0 bridgehead atoms. The maximum Gasteiger partial charge on any atom is 0.250 e. The highest BCUT2D eigenvalue weighted by Crippen LogP contribution is 2.05. The second kappa shape index (κ2) is 5.02. The molecule has 0 atom stereocenters. The number of amides is 1. The number of H-pyrrole nitrogens is 1. The van der Waals surface area contributed by atoms with Gasteiger partial charge in [0.25, 0.3) is 5.91 Å². The van der Waals surface area contributed by atoms with Gasteiger partial charge in [-0.15, -0.1) is 0 Å². The SMILES string of the molecule is O=C(C=Cc1cccc(F)c1)Nc1ncn[nH]1. The fourth-order valence-corrected chi connectivity index (χ4v) is 1.21. The van der Waals surface area contributed by atoms with Crippen LogP contribution in [0.4, 0.5) is 10.3 Å². The second-order valence-corrected chi connectivity index (χ2v) is 3.21. The van der Waals surface area contributed by atoms with E-state index in [1.807, 2.05) is 0 Å². The van der Waals surface area contributed by atoms with E-state index in [2.05, 4.69) is 20.5 Å². The van der Waals surface area contributed by atoms with Crippen molar-refractivity contribution in [1.29, 1.82) is 0 Å². The molecule has 0 spiro atoms. The van der Waals surface area contributed by atoms with Gasteiger partial charge in [0.05, 0.1) is 0 Å². The molecule has 2 N–H and O–H groups in total. The van der Waals surface area contributed by atoms with Crippen LogP contribution in [0, 0.1) is 5.82 Å². The Balaban J connectivity index is 1.99. The summed E-state index contributed by atoms with van der Waals surface area (Å²) in [5.74, 6) is -0.451. The van der Waals surface area contributed by atoms with Crippen molar-refractivity contribution in [3.63, 3.8) is 0 Å². The lowest BCUT2D eigenvalue weighted by molar-refractivity contribution is -0.111. The van der Waals surface area contributed by atoms with Crippen LogP contribution < -0.4 is 5.32 Å². The number of nitrogens with one attached hydrogen (secondary N) is 2. The first-order valence-corrected chi connectivity index (χ1v) is 4.84. The van der Waals surface area contributed by atoms with Crippen molar-refractivity contribution >= 4 is 17.9 Å². The maximum atomic E-state index is 12.8. The molecule has 5 nitrogen and oxygen atoms in total. The summed E-state index contributed by atoms with van der Waals surface area (Å²) in [7, 11) is 0. The molecule has 0 radical (unpaired) electrons. The van der Waals surface area contributed by atoms with Gasteiger partial charge in [0.2, 0.25) is 5.95 Å². The van der Waals surface area contributed by atoms with E-state index >= 15 is 0 Å². The number of hydrogen-bond donors (Lipinski definition) is 2. The lowest BCUT2D eigenvalue weighted by Gasteiger charge is -1.95. The van der Waals surface area contributed by atoms with E-state index in [1.165, 1.54) is 30.6 Å². The molecule has 0 aliphatic heterocycles. The van der Waals surface area contributed by atoms with Gasteiger partial charge < -0.3 is 0 Å². The molecule has 0 fully saturated rings. The van der Waals surface area contributed by atoms with E-state index in [0.29, 0.717) is 5.56 Å². The molecule has 6 heteroatoms. The second-order valence-electron chi connectivity index (χ2n) is 3.21. The zero-order valence-electron chi connectivity index (χ0n) is 8.72. The van der Waals surface area contributed by atoms with Crippen LogP contribution in [0.1, 0.15) is 5.56 Å². The summed E-state index contributed by atoms with van der Waals surface area (Å²) in [6.45, 7) is 0. The Labute approximate surface area is 96.4 Å². The van der Waals surface area contributed by atoms with Gasteiger partial charge in [-0.05, 0) is 23.8 Å². The Hall–Kier alpha value is -2.50. The number of aromatic nitrogens is 3. The molecule has 0 aliphatic rings. The molecule has 86 valence electrons. The minimum Gasteiger partial charge on any atom is -0.291 e. The molecule has 17 heavy (non-hydrogen) atoms. The molecule has 0 saturated carbocycles. The monoisotopic (exact) mass is 232 g/mol. The average molecular weight is 232 g/mol. The molecule has 0 aliphatic carbocycles. The van der Waals surface area contributed by atoms with Crippen molar-refractivity contribution in [1.82, 2.24) is 15.2 Å². The maximum absolute atomic E-state index is 12.8. The fourth-order valence-electron chi connectivity index (χ4n) is 1.21. The van der Waals surface area contributed by atoms with Crippen molar-refractivity contribution in [2.45, 2.75) is 0 Å². The van der Waals surface area contributed by atoms with Crippen molar-refractivity contribution in [2.24, 2.45) is 0 Å². The van der Waals surface area contributed by atoms with Crippen LogP contribution in [-0.2, 0) is 4.79 Å². The first kappa shape index (κ1) is 11.0. The van der Waals surface area contributed by atoms with E-state index in [4.69, 9.17) is 0 Å². The van der Waals surface area contributed by atoms with Crippen LogP contribution in [0.2, 0.25) is 0 Å². The summed E-state index contributed by atoms with van der Waals surface area (Å²) >= 11 is 0. The van der Waals surface area contributed by atoms with E-state index < -0.39 is 0 Å². The number of carbonyl (C=O) groups excluding carboxylic acids is 1. The predicted molar refractivity (Wildman–Crippen MR) is 60.4 cm³/mol. The van der Waals surface area contributed by atoms with Crippen molar-refractivity contribution in [3.05, 3.63) is 48.0 Å². The number of aromatic amines is 1. The number of rotatable bonds is 3. The third-order valence-corrected chi connectivity index (χ3v) is 1.93. The third-order valence-electron chi connectivity index (χ3n) is 1.93. The highest BCUT2D eigenvalue weighted by atomic mass is 19.1. The smallest absolute Gasteiger partial charge is 0.250 e. The van der Waals surface area contributed by atoms with E-state index in [-0.39, 0.29) is 17.7 Å². The molecular formula is C11H9FN4O. The van der Waals surface area contributed by atoms with Gasteiger partial charge in [-0.3, -0.25) is 10.1 Å². The standard InChI is InChI=1S/C11H9FN4O/c12-9-3-1-2-8(6-9)4-5-10(17)15-11-13-7-14-16-11/h1-7H,(H2,13,14,15,16,17). The lowest BCUT2D eigenvalue weighted by Crippen LogP contribution is -2.08. The Bertz CT molecular complexity index is 536. The summed E-state index contributed by atoms with van der Waals surface area (Å²) in [5.41, 5.74) is 0.609. The largest absolute Gasteiger partial charge is 0.291 e. The minimum atomic E-state index is -0.369. The summed E-state index contributed by atoms with van der Waals surface area (Å²) in [6, 6.07) is 5.94. The molecule has 1 aromatic carbocycles. The van der Waals surface area contributed by atoms with Crippen LogP contribution >= 0.6 is 0 Å². The predicted octanol–water partition coefficient (Wildman–Crippen LogP) is 1.60. The first-order chi connectivity index (χ1) is 8.24. The summed E-state index contributed by atoms with van der Waals surface area (Å²) < 4.78 is 12.8. The van der Waals surface area contributed by atoms with Crippen LogP contribution in [0.15, 0.2) is 36.7 Å². The zero-order chi connectivity index (χ0) is 12.1. The van der Waals surface area contributed by atoms with Crippen LogP contribution in [0.25, 0.3) is 6.08 Å². The van der Waals surface area contributed by atoms with Crippen molar-refractivity contribution in [3.8, 4) is 0 Å². The van der Waals surface area contributed by atoms with Crippen molar-refractivity contribution in [2.75, 3.05) is 5.32 Å². The van der Waals surface area contributed by atoms with Gasteiger partial charge in [0.1, 0.15) is 12.1 Å². The Morgan fingerprint density at radius 3 is 3.06 bits per heavy atom. The molecular weight excluding hydrogens is 223 g/mol. The highest BCUT2D eigenvalue weighted by Gasteiger charge is 1.99. The minimum absolute atomic E-state index is 0.263.